The highest BCUT2D eigenvalue weighted by atomic mass is 16.5. The molecule has 0 saturated carbocycles. The van der Waals surface area contributed by atoms with Crippen molar-refractivity contribution in [3.8, 4) is 0 Å². The Balaban J connectivity index is 0.000000861. The van der Waals surface area contributed by atoms with Gasteiger partial charge in [0.1, 0.15) is 0 Å². The molecule has 0 spiro atoms. The third-order valence-electron chi connectivity index (χ3n) is 3.04. The van der Waals surface area contributed by atoms with E-state index in [-0.39, 0.29) is 0 Å². The summed E-state index contributed by atoms with van der Waals surface area (Å²) in [6, 6.07) is 8.85. The third-order valence-corrected chi connectivity index (χ3v) is 3.04. The van der Waals surface area contributed by atoms with E-state index in [0.717, 1.165) is 39.3 Å². The van der Waals surface area contributed by atoms with Crippen LogP contribution in [0.1, 0.15) is 24.5 Å². The molecule has 1 aromatic rings. The predicted molar refractivity (Wildman–Crippen MR) is 83.1 cm³/mol. The molecule has 104 valence electrons. The molecule has 1 heterocycles. The first kappa shape index (κ1) is 15.7. The van der Waals surface area contributed by atoms with Gasteiger partial charge in [-0.1, -0.05) is 43.3 Å². The largest absolute Gasteiger partial charge is 0.379 e. The molecule has 1 aromatic carbocycles. The summed E-state index contributed by atoms with van der Waals surface area (Å²) in [7, 11) is 0. The SMILES string of the molecule is C=C.CC/C=C/c1ccc(CN2CCOCC2)cc1. The molecule has 0 bridgehead atoms. The number of ether oxygens (including phenoxy) is 1. The summed E-state index contributed by atoms with van der Waals surface area (Å²) in [5.41, 5.74) is 2.68. The van der Waals surface area contributed by atoms with Gasteiger partial charge in [-0.3, -0.25) is 4.90 Å². The molecule has 1 fully saturated rings. The molecule has 2 heteroatoms. The lowest BCUT2D eigenvalue weighted by atomic mass is 10.1. The number of hydrogen-bond donors (Lipinski definition) is 0. The second-order valence-electron chi connectivity index (χ2n) is 4.44. The predicted octanol–water partition coefficient (Wildman–Crippen LogP) is 3.74. The number of allylic oxidation sites excluding steroid dienone is 1. The molecule has 0 amide bonds. The van der Waals surface area contributed by atoms with Gasteiger partial charge in [-0.15, -0.1) is 13.2 Å². The van der Waals surface area contributed by atoms with Crippen LogP contribution in [0.15, 0.2) is 43.5 Å². The van der Waals surface area contributed by atoms with Crippen LogP contribution in [0.25, 0.3) is 6.08 Å². The van der Waals surface area contributed by atoms with Gasteiger partial charge in [0.15, 0.2) is 0 Å². The number of nitrogens with zero attached hydrogens (tertiary/aromatic N) is 1. The summed E-state index contributed by atoms with van der Waals surface area (Å²) in [6.07, 6.45) is 5.46. The van der Waals surface area contributed by atoms with Crippen LogP contribution in [0.2, 0.25) is 0 Å². The molecule has 0 atom stereocenters. The molecule has 0 N–H and O–H groups in total. The summed E-state index contributed by atoms with van der Waals surface area (Å²) >= 11 is 0. The maximum atomic E-state index is 5.35. The normalized spacial score (nSPS) is 16.1. The van der Waals surface area contributed by atoms with Crippen molar-refractivity contribution in [1.82, 2.24) is 4.90 Å². The Kier molecular flexibility index (Phi) is 7.87. The highest BCUT2D eigenvalue weighted by molar-refractivity contribution is 5.49. The lowest BCUT2D eigenvalue weighted by molar-refractivity contribution is 0.0342. The zero-order chi connectivity index (χ0) is 13.9. The minimum Gasteiger partial charge on any atom is -0.379 e. The summed E-state index contributed by atoms with van der Waals surface area (Å²) in [5, 5.41) is 0. The molecule has 2 rings (SSSR count). The maximum absolute atomic E-state index is 5.35. The standard InChI is InChI=1S/C15H21NO.C2H4/c1-2-3-4-14-5-7-15(8-6-14)13-16-9-11-17-12-10-16;1-2/h3-8H,2,9-13H2,1H3;1-2H2/b4-3+;. The molecule has 0 aliphatic carbocycles. The van der Waals surface area contributed by atoms with E-state index >= 15 is 0 Å². The Morgan fingerprint density at radius 1 is 1.16 bits per heavy atom. The van der Waals surface area contributed by atoms with Gasteiger partial charge in [0, 0.05) is 19.6 Å². The summed E-state index contributed by atoms with van der Waals surface area (Å²) in [6.45, 7) is 13.0. The Labute approximate surface area is 117 Å². The Morgan fingerprint density at radius 3 is 2.37 bits per heavy atom. The van der Waals surface area contributed by atoms with Crippen LogP contribution < -0.4 is 0 Å². The fourth-order valence-corrected chi connectivity index (χ4v) is 2.01. The van der Waals surface area contributed by atoms with Gasteiger partial charge in [-0.2, -0.15) is 0 Å². The second-order valence-corrected chi connectivity index (χ2v) is 4.44. The van der Waals surface area contributed by atoms with Gasteiger partial charge in [-0.25, -0.2) is 0 Å². The van der Waals surface area contributed by atoms with E-state index in [1.165, 1.54) is 11.1 Å². The quantitative estimate of drug-likeness (QED) is 0.764. The Hall–Kier alpha value is -1.38. The van der Waals surface area contributed by atoms with Gasteiger partial charge in [0.25, 0.3) is 0 Å². The minimum atomic E-state index is 0.872. The van der Waals surface area contributed by atoms with Crippen LogP contribution in [0, 0.1) is 0 Å². The van der Waals surface area contributed by atoms with Gasteiger partial charge >= 0.3 is 0 Å². The fourth-order valence-electron chi connectivity index (χ4n) is 2.01. The van der Waals surface area contributed by atoms with Crippen LogP contribution in [-0.4, -0.2) is 31.2 Å². The molecular formula is C17H25NO. The van der Waals surface area contributed by atoms with Crippen molar-refractivity contribution in [2.75, 3.05) is 26.3 Å². The average molecular weight is 259 g/mol. The first-order chi connectivity index (χ1) is 9.38. The zero-order valence-electron chi connectivity index (χ0n) is 12.0. The smallest absolute Gasteiger partial charge is 0.0594 e. The molecular weight excluding hydrogens is 234 g/mol. The van der Waals surface area contributed by atoms with E-state index in [0.29, 0.717) is 0 Å². The van der Waals surface area contributed by atoms with E-state index in [1.54, 1.807) is 0 Å². The number of morpholine rings is 1. The van der Waals surface area contributed by atoms with Crippen LogP contribution in [0.3, 0.4) is 0 Å². The van der Waals surface area contributed by atoms with Gasteiger partial charge in [0.2, 0.25) is 0 Å². The Morgan fingerprint density at radius 2 is 1.79 bits per heavy atom. The maximum Gasteiger partial charge on any atom is 0.0594 e. The molecule has 1 aliphatic heterocycles. The average Bonchev–Trinajstić information content (AvgIpc) is 2.50. The number of hydrogen-bond acceptors (Lipinski definition) is 2. The second kappa shape index (κ2) is 9.54. The summed E-state index contributed by atoms with van der Waals surface area (Å²) in [5.74, 6) is 0. The van der Waals surface area contributed by atoms with E-state index in [9.17, 15) is 0 Å². The van der Waals surface area contributed by atoms with E-state index in [4.69, 9.17) is 4.74 Å². The monoisotopic (exact) mass is 259 g/mol. The Bertz CT molecular complexity index is 363. The molecule has 2 nitrogen and oxygen atoms in total. The van der Waals surface area contributed by atoms with Crippen LogP contribution in [0.5, 0.6) is 0 Å². The van der Waals surface area contributed by atoms with Crippen molar-refractivity contribution in [1.29, 1.82) is 0 Å². The van der Waals surface area contributed by atoms with Crippen LogP contribution in [-0.2, 0) is 11.3 Å². The fraction of sp³-hybridized carbons (Fsp3) is 0.412. The minimum absolute atomic E-state index is 0.872. The van der Waals surface area contributed by atoms with Crippen LogP contribution in [0.4, 0.5) is 0 Å². The highest BCUT2D eigenvalue weighted by Crippen LogP contribution is 2.10. The van der Waals surface area contributed by atoms with Crippen molar-refractivity contribution in [2.45, 2.75) is 19.9 Å². The van der Waals surface area contributed by atoms with E-state index in [1.807, 2.05) is 0 Å². The topological polar surface area (TPSA) is 12.5 Å². The highest BCUT2D eigenvalue weighted by Gasteiger charge is 2.09. The lowest BCUT2D eigenvalue weighted by Crippen LogP contribution is -2.35. The van der Waals surface area contributed by atoms with E-state index in [2.05, 4.69) is 61.4 Å². The summed E-state index contributed by atoms with van der Waals surface area (Å²) < 4.78 is 5.35. The number of rotatable bonds is 4. The molecule has 0 aromatic heterocycles. The summed E-state index contributed by atoms with van der Waals surface area (Å²) in [4.78, 5) is 2.44. The number of benzene rings is 1. The molecule has 0 radical (unpaired) electrons. The van der Waals surface area contributed by atoms with E-state index < -0.39 is 0 Å². The van der Waals surface area contributed by atoms with Crippen molar-refractivity contribution in [3.63, 3.8) is 0 Å². The van der Waals surface area contributed by atoms with Crippen molar-refractivity contribution in [2.24, 2.45) is 0 Å². The lowest BCUT2D eigenvalue weighted by Gasteiger charge is -2.26. The molecule has 1 aliphatic rings. The van der Waals surface area contributed by atoms with Crippen LogP contribution >= 0.6 is 0 Å². The van der Waals surface area contributed by atoms with Crippen molar-refractivity contribution < 1.29 is 4.74 Å². The van der Waals surface area contributed by atoms with Crippen molar-refractivity contribution in [3.05, 3.63) is 54.6 Å². The van der Waals surface area contributed by atoms with Crippen molar-refractivity contribution >= 4 is 6.08 Å². The first-order valence-corrected chi connectivity index (χ1v) is 6.94. The third kappa shape index (κ3) is 5.86. The molecule has 19 heavy (non-hydrogen) atoms. The van der Waals surface area contributed by atoms with Gasteiger partial charge < -0.3 is 4.74 Å². The zero-order valence-corrected chi connectivity index (χ0v) is 12.0. The molecule has 1 saturated heterocycles. The van der Waals surface area contributed by atoms with Gasteiger partial charge in [-0.05, 0) is 17.5 Å². The molecule has 0 unspecified atom stereocenters. The van der Waals surface area contributed by atoms with Gasteiger partial charge in [0.05, 0.1) is 13.2 Å². The first-order valence-electron chi connectivity index (χ1n) is 6.94.